The topological polar surface area (TPSA) is 236 Å². The first-order valence-corrected chi connectivity index (χ1v) is 13.5. The predicted molar refractivity (Wildman–Crippen MR) is 158 cm³/mol. The second-order valence-corrected chi connectivity index (χ2v) is 9.32. The Morgan fingerprint density at radius 2 is 0.640 bits per heavy atom. The maximum atomic E-state index is 9.04. The zero-order valence-corrected chi connectivity index (χ0v) is 68.6. The van der Waals surface area contributed by atoms with Crippen molar-refractivity contribution in [2.45, 2.75) is 25.0 Å². The van der Waals surface area contributed by atoms with Crippen LogP contribution in [0, 0.1) is 53.5 Å². The third-order valence-electron chi connectivity index (χ3n) is 5.26. The number of aliphatic hydroxyl groups is 8. The molecule has 0 spiro atoms. The van der Waals surface area contributed by atoms with Gasteiger partial charge in [-0.3, -0.25) is 0 Å². The van der Waals surface area contributed by atoms with Crippen molar-refractivity contribution in [3.05, 3.63) is 42.7 Å². The Labute approximate surface area is 263 Å². The van der Waals surface area contributed by atoms with E-state index in [1.165, 1.54) is 0 Å². The molecule has 2 unspecified atom stereocenters. The molecule has 2 atom stereocenters. The van der Waals surface area contributed by atoms with Gasteiger partial charge in [0.1, 0.15) is 0 Å². The molecule has 0 saturated heterocycles. The Hall–Kier alpha value is -6.64. The van der Waals surface area contributed by atoms with E-state index in [4.69, 9.17) is 50.3 Å². The minimum atomic E-state index is -0.774. The maximum Gasteiger partial charge on any atom is 0.0765 e. The molecule has 0 aromatic rings. The Morgan fingerprint density at radius 3 is 0.800 bits per heavy atom. The Kier molecular flexibility index (Phi) is 72.6. The fourth-order valence-electron chi connectivity index (χ4n) is 2.63. The SMILES string of the molecule is [CH2-]OCC(CO)(CO)CO[CH2-].[CH2-]OCC(CO)(CO)CO[CH2-].[CH2-]OCC(O)CCOCCO.[CH2-]OCC(O)CCOCCO.[Rf].[Rf].[Rf].[Rf].[Rf].[Rf]. The summed E-state index contributed by atoms with van der Waals surface area (Å²) < 4.78 is 37.0. The van der Waals surface area contributed by atoms with Crippen LogP contribution in [0.15, 0.2) is 0 Å². The standard InChI is InChI=1S/2C7H14O4.2C7H15O4.6Rf/c2*1-10-5-7(3-8,4-9)6-11-2;2*1-10-6-7(9)2-4-11-5-3-8;;;;;;/h2*8-9H,1-6H2;2*7-9H,1-6H2;;;;;;/q2*-2;2*-1;;;;;;. The van der Waals surface area contributed by atoms with E-state index in [0.29, 0.717) is 39.3 Å². The molecule has 0 aliphatic carbocycles. The summed E-state index contributed by atoms with van der Waals surface area (Å²) in [5.74, 6) is 0. The monoisotopic (exact) mass is 2250 g/mol. The molecule has 0 aromatic heterocycles. The van der Waals surface area contributed by atoms with Gasteiger partial charge in [0.05, 0.1) is 75.9 Å². The third-order valence-corrected chi connectivity index (χ3v) is 5.26. The van der Waals surface area contributed by atoms with Crippen molar-refractivity contribution in [2.24, 2.45) is 10.8 Å². The Morgan fingerprint density at radius 1 is 0.400 bits per heavy atom. The largest absolute Gasteiger partial charge is 0.554 e. The molecule has 0 radical (unpaired) electrons. The Bertz CT molecular complexity index is 477. The number of rotatable bonds is 26. The van der Waals surface area contributed by atoms with E-state index in [9.17, 15) is 0 Å². The summed E-state index contributed by atoms with van der Waals surface area (Å²) in [6, 6.07) is 0. The molecule has 22 heteroatoms. The fraction of sp³-hybridized carbons (Fsp3) is 0.786. The van der Waals surface area contributed by atoms with Crippen LogP contribution in [0.5, 0.6) is 0 Å². The quantitative estimate of drug-likeness (QED) is 0.0355. The normalized spacial score (nSPS) is 11.2. The number of hydrogen-bond acceptors (Lipinski definition) is 16. The van der Waals surface area contributed by atoms with E-state index in [2.05, 4.69) is 71.1 Å². The van der Waals surface area contributed by atoms with Crippen LogP contribution in [-0.2, 0) is 37.9 Å². The van der Waals surface area contributed by atoms with Gasteiger partial charge in [0, 0.05) is 52.9 Å². The summed E-state index contributed by atoms with van der Waals surface area (Å²) in [6.45, 7) is 1.73. The van der Waals surface area contributed by atoms with Gasteiger partial charge in [-0.2, -0.15) is 0 Å². The smallest absolute Gasteiger partial charge is 0.0765 e. The zero-order chi connectivity index (χ0) is 34.5. The van der Waals surface area contributed by atoms with E-state index in [-0.39, 0.29) is 79.3 Å². The van der Waals surface area contributed by atoms with Crippen LogP contribution in [0.2, 0.25) is 0 Å². The van der Waals surface area contributed by atoms with Gasteiger partial charge in [0.2, 0.25) is 0 Å². The maximum absolute atomic E-state index is 9.04. The van der Waals surface area contributed by atoms with Crippen LogP contribution in [-0.4, -0.2) is 159 Å². The van der Waals surface area contributed by atoms with Gasteiger partial charge in [-0.15, -0.1) is 0 Å². The average molecular weight is 2250 g/mol. The summed E-state index contributed by atoms with van der Waals surface area (Å²) in [5, 5.41) is 70.2. The molecule has 0 aliphatic rings. The third kappa shape index (κ3) is 43.5. The predicted octanol–water partition coefficient (Wildman–Crippen LogP) is -1.74. The van der Waals surface area contributed by atoms with E-state index >= 15 is 0 Å². The van der Waals surface area contributed by atoms with Crippen molar-refractivity contribution >= 4 is 0 Å². The van der Waals surface area contributed by atoms with E-state index < -0.39 is 23.0 Å². The van der Waals surface area contributed by atoms with Crippen LogP contribution in [0.25, 0.3) is 0 Å². The summed E-state index contributed by atoms with van der Waals surface area (Å²) in [5.41, 5.74) is -1.55. The summed E-state index contributed by atoms with van der Waals surface area (Å²) in [6.07, 6.45) is -0.0252. The molecule has 50 heavy (non-hydrogen) atoms. The molecule has 0 amide bonds. The summed E-state index contributed by atoms with van der Waals surface area (Å²) >= 11 is 0. The average Bonchev–Trinajstić information content (AvgIpc) is 3.02. The van der Waals surface area contributed by atoms with Crippen LogP contribution >= 0.6 is 0 Å². The molecule has 16 nitrogen and oxygen atoms in total. The van der Waals surface area contributed by atoms with Crippen LogP contribution < -0.4 is 0 Å². The molecule has 0 rings (SSSR count). The van der Waals surface area contributed by atoms with Crippen molar-refractivity contribution in [1.82, 2.24) is 0 Å². The Balaban J connectivity index is -0.0000000513. The van der Waals surface area contributed by atoms with E-state index in [0.717, 1.165) is 0 Å². The van der Waals surface area contributed by atoms with Gasteiger partial charge >= 0.3 is 0 Å². The number of aliphatic hydroxyl groups excluding tert-OH is 8. The van der Waals surface area contributed by atoms with Gasteiger partial charge in [-0.05, 0) is 12.8 Å². The van der Waals surface area contributed by atoms with Crippen LogP contribution in [0.3, 0.4) is 0 Å². The molecule has 0 bridgehead atoms. The molecular weight excluding hydrogens is 2190 g/mol. The van der Waals surface area contributed by atoms with E-state index in [1.54, 1.807) is 0 Å². The minimum Gasteiger partial charge on any atom is -0.554 e. The molecule has 0 fully saturated rings. The van der Waals surface area contributed by atoms with Crippen molar-refractivity contribution in [1.29, 1.82) is 0 Å². The molecular formula is C28H58O16Rf6-6. The first-order valence-electron chi connectivity index (χ1n) is 13.5. The first-order chi connectivity index (χ1) is 21.1. The van der Waals surface area contributed by atoms with Crippen molar-refractivity contribution in [3.8, 4) is 0 Å². The van der Waals surface area contributed by atoms with Gasteiger partial charge in [0.15, 0.2) is 0 Å². The molecule has 0 heterocycles. The molecule has 284 valence electrons. The molecule has 0 aromatic carbocycles. The van der Waals surface area contributed by atoms with Gasteiger partial charge < -0.3 is 78.7 Å². The minimum absolute atomic E-state index is 0. The van der Waals surface area contributed by atoms with Crippen LogP contribution in [0.4, 0.5) is 0 Å². The number of hydrogen-bond donors (Lipinski definition) is 8. The summed E-state index contributed by atoms with van der Waals surface area (Å²) in [7, 11) is 18.9. The van der Waals surface area contributed by atoms with Gasteiger partial charge in [-0.1, -0.05) is 0 Å². The zero-order valence-electron chi connectivity index (χ0n) is 30.2. The second-order valence-electron chi connectivity index (χ2n) is 9.32. The van der Waals surface area contributed by atoms with Crippen molar-refractivity contribution < 1.29 is 78.7 Å². The summed E-state index contributed by atoms with van der Waals surface area (Å²) in [4.78, 5) is 0. The first kappa shape index (κ1) is 69.9. The van der Waals surface area contributed by atoms with Crippen molar-refractivity contribution in [3.63, 3.8) is 0 Å². The number of ether oxygens (including phenoxy) is 8. The van der Waals surface area contributed by atoms with E-state index in [1.807, 2.05) is 0 Å². The van der Waals surface area contributed by atoms with Crippen molar-refractivity contribution in [2.75, 3.05) is 106 Å². The van der Waals surface area contributed by atoms with Crippen LogP contribution in [0.1, 0.15) is 12.8 Å². The van der Waals surface area contributed by atoms with Gasteiger partial charge in [-0.25, -0.2) is 42.7 Å². The molecule has 0 aliphatic heterocycles. The fourth-order valence-corrected chi connectivity index (χ4v) is 2.63. The van der Waals surface area contributed by atoms with Gasteiger partial charge in [0.25, 0.3) is 0 Å². The second kappa shape index (κ2) is 51.9. The molecule has 0 saturated carbocycles. The molecule has 8 N–H and O–H groups in total.